The van der Waals surface area contributed by atoms with Crippen molar-refractivity contribution in [2.45, 2.75) is 168 Å². The van der Waals surface area contributed by atoms with Crippen LogP contribution < -0.4 is 22.3 Å². The molecule has 2 amide bonds. The third-order valence-corrected chi connectivity index (χ3v) is 19.9. The Kier molecular flexibility index (Phi) is 18.3. The van der Waals surface area contributed by atoms with Crippen LogP contribution in [-0.2, 0) is 31.2 Å². The Bertz CT molecular complexity index is 1830. The van der Waals surface area contributed by atoms with Gasteiger partial charge in [0.2, 0.25) is 0 Å². The molecule has 0 unspecified atom stereocenters. The number of benzene rings is 2. The maximum Gasteiger partial charge on any atom is 0.408 e. The van der Waals surface area contributed by atoms with Crippen LogP contribution in [0.5, 0.6) is 0 Å². The number of fused-ring (bicyclic) bond motifs is 2. The fourth-order valence-electron chi connectivity index (χ4n) is 6.05. The van der Waals surface area contributed by atoms with Crippen molar-refractivity contribution < 1.29 is 38.3 Å². The van der Waals surface area contributed by atoms with E-state index in [0.29, 0.717) is 24.1 Å². The standard InChI is InChI=1S/C21H35N3O4Si.C21H32N2O3Si.ClH.H3NO/c1-20(2,3)27-19(25)23-17-15-10-9-13(18(22)24-26)11-14(15)12-16(17)28-29(7,8)21(4,5)6;1-20(2,3)25-19(24)23-18-16-11-10-15(22-7)12-14(16)13-17(18)26-27(8,9)21(4,5)6;;1-2/h9-11,16-17,26H,12H2,1-8H3,(H2,22,24)(H,23,25);10-12,17-18H,13H2,1-6,8-9H3,(H,23,24);1H;2H,1H2/t16-,17-;17-,18-;;/m00../s1. The van der Waals surface area contributed by atoms with Gasteiger partial charge >= 0.3 is 12.2 Å². The molecule has 0 spiro atoms. The normalized spacial score (nSPS) is 19.2. The Balaban J connectivity index is 0.000000558. The number of carbonyl (C=O) groups is 2. The molecular formula is C42H71ClN6O8Si2. The molecule has 14 nitrogen and oxygen atoms in total. The lowest BCUT2D eigenvalue weighted by Crippen LogP contribution is -2.47. The molecule has 8 N–H and O–H groups in total. The molecule has 0 aromatic heterocycles. The first-order chi connectivity index (χ1) is 26.4. The van der Waals surface area contributed by atoms with Gasteiger partial charge in [0, 0.05) is 12.0 Å². The zero-order valence-electron chi connectivity index (χ0n) is 38.0. The van der Waals surface area contributed by atoms with Gasteiger partial charge in [-0.2, -0.15) is 0 Å². The number of hydrogen-bond donors (Lipinski definition) is 6. The molecule has 332 valence electrons. The predicted molar refractivity (Wildman–Crippen MR) is 241 cm³/mol. The van der Waals surface area contributed by atoms with Crippen LogP contribution in [0.2, 0.25) is 36.3 Å². The smallest absolute Gasteiger partial charge is 0.408 e. The number of amidine groups is 1. The van der Waals surface area contributed by atoms with Gasteiger partial charge in [0.25, 0.3) is 0 Å². The van der Waals surface area contributed by atoms with Gasteiger partial charge < -0.3 is 45.1 Å². The van der Waals surface area contributed by atoms with Crippen LogP contribution in [0.1, 0.15) is 123 Å². The Hall–Kier alpha value is -3.70. The molecule has 0 radical (unpaired) electrons. The summed E-state index contributed by atoms with van der Waals surface area (Å²) in [6, 6.07) is 10.6. The molecule has 0 saturated carbocycles. The van der Waals surface area contributed by atoms with Gasteiger partial charge in [-0.1, -0.05) is 82.6 Å². The fourth-order valence-corrected chi connectivity index (χ4v) is 8.71. The first-order valence-corrected chi connectivity index (χ1v) is 25.4. The summed E-state index contributed by atoms with van der Waals surface area (Å²) >= 11 is 0. The Morgan fingerprint density at radius 1 is 0.729 bits per heavy atom. The van der Waals surface area contributed by atoms with Crippen LogP contribution in [-0.4, -0.2) is 68.5 Å². The molecule has 2 aliphatic carbocycles. The van der Waals surface area contributed by atoms with E-state index in [-0.39, 0.29) is 52.6 Å². The van der Waals surface area contributed by atoms with E-state index in [2.05, 4.69) is 94.3 Å². The first-order valence-electron chi connectivity index (χ1n) is 19.6. The van der Waals surface area contributed by atoms with Gasteiger partial charge in [0.15, 0.2) is 28.2 Å². The topological polar surface area (TPSA) is 204 Å². The molecule has 59 heavy (non-hydrogen) atoms. The van der Waals surface area contributed by atoms with Crippen molar-refractivity contribution in [2.24, 2.45) is 16.8 Å². The molecule has 17 heteroatoms. The van der Waals surface area contributed by atoms with Gasteiger partial charge in [0.05, 0.1) is 30.9 Å². The minimum Gasteiger partial charge on any atom is -0.444 e. The second kappa shape index (κ2) is 20.2. The third kappa shape index (κ3) is 14.8. The lowest BCUT2D eigenvalue weighted by Gasteiger charge is -2.40. The monoisotopic (exact) mass is 878 g/mol. The van der Waals surface area contributed by atoms with Gasteiger partial charge in [-0.25, -0.2) is 20.3 Å². The van der Waals surface area contributed by atoms with Crippen molar-refractivity contribution in [1.29, 1.82) is 0 Å². The number of carbonyl (C=O) groups excluding carboxylic acids is 2. The zero-order chi connectivity index (χ0) is 44.8. The van der Waals surface area contributed by atoms with Crippen LogP contribution in [0.4, 0.5) is 15.3 Å². The molecular weight excluding hydrogens is 808 g/mol. The first kappa shape index (κ1) is 53.3. The molecule has 2 aromatic carbocycles. The Labute approximate surface area is 360 Å². The molecule has 0 bridgehead atoms. The van der Waals surface area contributed by atoms with Crippen molar-refractivity contribution in [2.75, 3.05) is 0 Å². The molecule has 0 fully saturated rings. The van der Waals surface area contributed by atoms with Gasteiger partial charge in [-0.3, -0.25) is 0 Å². The zero-order valence-corrected chi connectivity index (χ0v) is 40.8. The predicted octanol–water partition coefficient (Wildman–Crippen LogP) is 9.80. The van der Waals surface area contributed by atoms with E-state index >= 15 is 0 Å². The van der Waals surface area contributed by atoms with E-state index in [1.165, 1.54) is 0 Å². The van der Waals surface area contributed by atoms with E-state index in [1.54, 1.807) is 12.1 Å². The quantitative estimate of drug-likeness (QED) is 0.0388. The average molecular weight is 880 g/mol. The number of nitrogens with two attached hydrogens (primary N) is 2. The highest BCUT2D eigenvalue weighted by Crippen LogP contribution is 2.44. The van der Waals surface area contributed by atoms with Crippen LogP contribution in [0.25, 0.3) is 4.85 Å². The van der Waals surface area contributed by atoms with Crippen molar-refractivity contribution in [3.63, 3.8) is 0 Å². The molecule has 2 aliphatic rings. The third-order valence-electron chi connectivity index (χ3n) is 10.9. The van der Waals surface area contributed by atoms with Crippen LogP contribution in [0.15, 0.2) is 41.6 Å². The Morgan fingerprint density at radius 2 is 1.10 bits per heavy atom. The number of ether oxygens (including phenoxy) is 2. The minimum atomic E-state index is -2.07. The van der Waals surface area contributed by atoms with Crippen molar-refractivity contribution in [1.82, 2.24) is 10.6 Å². The minimum absolute atomic E-state index is 0. The highest BCUT2D eigenvalue weighted by molar-refractivity contribution is 6.74. The average Bonchev–Trinajstić information content (AvgIpc) is 3.57. The molecule has 2 aromatic rings. The summed E-state index contributed by atoms with van der Waals surface area (Å²) in [7, 11) is -4.09. The van der Waals surface area contributed by atoms with Gasteiger partial charge in [-0.15, -0.1) is 12.4 Å². The number of oxime groups is 1. The molecule has 4 rings (SSSR count). The van der Waals surface area contributed by atoms with Gasteiger partial charge in [-0.05, 0) is 107 Å². The molecule has 0 saturated heterocycles. The number of hydrogen-bond acceptors (Lipinski definition) is 10. The van der Waals surface area contributed by atoms with Crippen LogP contribution in [0.3, 0.4) is 0 Å². The number of rotatable bonds is 7. The number of amides is 2. The summed E-state index contributed by atoms with van der Waals surface area (Å²) in [5.41, 5.74) is 9.90. The van der Waals surface area contributed by atoms with E-state index in [9.17, 15) is 9.59 Å². The van der Waals surface area contributed by atoms with E-state index in [1.807, 2.05) is 65.8 Å². The Morgan fingerprint density at radius 3 is 1.44 bits per heavy atom. The lowest BCUT2D eigenvalue weighted by molar-refractivity contribution is 0.0437. The van der Waals surface area contributed by atoms with Crippen molar-refractivity contribution in [3.05, 3.63) is 75.6 Å². The number of nitrogens with zero attached hydrogens (tertiary/aromatic N) is 2. The van der Waals surface area contributed by atoms with Crippen LogP contribution in [0, 0.1) is 6.57 Å². The fraction of sp³-hybridized carbons (Fsp3) is 0.619. The number of nitrogens with one attached hydrogen (secondary N) is 2. The maximum atomic E-state index is 12.5. The summed E-state index contributed by atoms with van der Waals surface area (Å²) < 4.78 is 24.3. The molecule has 4 atom stereocenters. The number of halogens is 1. The number of alkyl carbamates (subject to hydrolysis) is 2. The second-order valence-corrected chi connectivity index (χ2v) is 29.4. The summed E-state index contributed by atoms with van der Waals surface area (Å²) in [6.45, 7) is 40.3. The van der Waals surface area contributed by atoms with E-state index in [0.717, 1.165) is 22.3 Å². The highest BCUT2D eigenvalue weighted by Gasteiger charge is 2.46. The SMILES string of the molecule is CC(C)(C)OC(=O)N[C@H]1c2ccc(C(N)=NO)cc2C[C@@H]1O[Si](C)(C)C(C)(C)C.Cl.NO.[C-]#[N+]c1ccc2c(c1)C[C@H](O[Si](C)(C)C(C)(C)C)[C@H]2NC(=O)OC(C)(C)C. The summed E-state index contributed by atoms with van der Waals surface area (Å²) in [6.07, 6.45) is 0.0361. The summed E-state index contributed by atoms with van der Waals surface area (Å²) in [4.78, 5) is 28.5. The lowest BCUT2D eigenvalue weighted by atomic mass is 10.0. The highest BCUT2D eigenvalue weighted by atomic mass is 35.5. The second-order valence-electron chi connectivity index (χ2n) is 19.9. The van der Waals surface area contributed by atoms with Crippen LogP contribution >= 0.6 is 12.4 Å². The molecule has 0 heterocycles. The maximum absolute atomic E-state index is 12.5. The summed E-state index contributed by atoms with van der Waals surface area (Å²) in [5.74, 6) is 3.55. The largest absolute Gasteiger partial charge is 0.444 e. The van der Waals surface area contributed by atoms with Gasteiger partial charge in [0.1, 0.15) is 11.2 Å². The van der Waals surface area contributed by atoms with Crippen molar-refractivity contribution in [3.8, 4) is 0 Å². The van der Waals surface area contributed by atoms with Crippen molar-refractivity contribution >= 4 is 52.8 Å². The molecule has 0 aliphatic heterocycles. The summed E-state index contributed by atoms with van der Waals surface area (Å²) in [5, 5.41) is 24.7. The van der Waals surface area contributed by atoms with E-state index < -0.39 is 40.0 Å². The van der Waals surface area contributed by atoms with E-state index in [4.69, 9.17) is 41.0 Å².